The van der Waals surface area contributed by atoms with Crippen molar-refractivity contribution in [3.63, 3.8) is 0 Å². The van der Waals surface area contributed by atoms with Crippen LogP contribution < -0.4 is 11.1 Å². The minimum absolute atomic E-state index is 0.0345. The summed E-state index contributed by atoms with van der Waals surface area (Å²) >= 11 is 0. The summed E-state index contributed by atoms with van der Waals surface area (Å²) in [5.41, 5.74) is 9.60. The van der Waals surface area contributed by atoms with Gasteiger partial charge in [0, 0.05) is 25.9 Å². The lowest BCUT2D eigenvalue weighted by molar-refractivity contribution is 0.101. The third-order valence-electron chi connectivity index (χ3n) is 3.07. The summed E-state index contributed by atoms with van der Waals surface area (Å²) in [6.45, 7) is 1.55. The van der Waals surface area contributed by atoms with E-state index in [4.69, 9.17) is 5.73 Å². The van der Waals surface area contributed by atoms with Crippen LogP contribution in [-0.2, 0) is 7.05 Å². The lowest BCUT2D eigenvalue weighted by Crippen LogP contribution is -1.96. The van der Waals surface area contributed by atoms with Gasteiger partial charge in [0.05, 0.1) is 29.0 Å². The molecule has 0 aliphatic carbocycles. The Morgan fingerprint density at radius 1 is 1.40 bits per heavy atom. The first-order chi connectivity index (χ1) is 9.51. The van der Waals surface area contributed by atoms with Crippen LogP contribution in [0.1, 0.15) is 23.0 Å². The van der Waals surface area contributed by atoms with Gasteiger partial charge >= 0.3 is 0 Å². The number of aromatic nitrogens is 1. The van der Waals surface area contributed by atoms with Crippen LogP contribution in [0.3, 0.4) is 0 Å². The van der Waals surface area contributed by atoms with E-state index in [1.54, 1.807) is 32.3 Å². The third kappa shape index (κ3) is 2.88. The Balaban J connectivity index is 2.33. The van der Waals surface area contributed by atoms with Gasteiger partial charge in [-0.15, -0.1) is 0 Å². The summed E-state index contributed by atoms with van der Waals surface area (Å²) < 4.78 is 1.90. The van der Waals surface area contributed by atoms with E-state index in [1.807, 2.05) is 29.9 Å². The highest BCUT2D eigenvalue weighted by Gasteiger charge is 2.05. The predicted molar refractivity (Wildman–Crippen MR) is 83.1 cm³/mol. The van der Waals surface area contributed by atoms with Gasteiger partial charge in [-0.1, -0.05) is 0 Å². The van der Waals surface area contributed by atoms with E-state index in [0.29, 0.717) is 11.3 Å². The molecule has 0 atom stereocenters. The van der Waals surface area contributed by atoms with Crippen LogP contribution in [-0.4, -0.2) is 23.6 Å². The third-order valence-corrected chi connectivity index (χ3v) is 3.07. The van der Waals surface area contributed by atoms with Crippen LogP contribution in [0.4, 0.5) is 17.1 Å². The molecule has 5 heteroatoms. The zero-order valence-corrected chi connectivity index (χ0v) is 11.8. The second-order valence-electron chi connectivity index (χ2n) is 4.61. The molecular weight excluding hydrogens is 252 g/mol. The van der Waals surface area contributed by atoms with Crippen molar-refractivity contribution in [2.75, 3.05) is 18.1 Å². The average molecular weight is 270 g/mol. The van der Waals surface area contributed by atoms with E-state index < -0.39 is 0 Å². The van der Waals surface area contributed by atoms with Gasteiger partial charge in [0.15, 0.2) is 5.78 Å². The number of Topliss-reactive ketones (excluding diaryl/α,β-unsaturated/α-hetero) is 1. The Kier molecular flexibility index (Phi) is 3.89. The number of hydrogen-bond acceptors (Lipinski definition) is 4. The molecule has 2 aromatic rings. The van der Waals surface area contributed by atoms with Crippen LogP contribution in [0, 0.1) is 0 Å². The predicted octanol–water partition coefficient (Wildman–Crippen LogP) is 2.60. The van der Waals surface area contributed by atoms with Crippen LogP contribution in [0.25, 0.3) is 0 Å². The highest BCUT2D eigenvalue weighted by Crippen LogP contribution is 2.26. The van der Waals surface area contributed by atoms with E-state index in [-0.39, 0.29) is 5.78 Å². The van der Waals surface area contributed by atoms with Gasteiger partial charge in [0.25, 0.3) is 0 Å². The van der Waals surface area contributed by atoms with Crippen molar-refractivity contribution in [1.82, 2.24) is 4.57 Å². The molecule has 0 saturated heterocycles. The van der Waals surface area contributed by atoms with E-state index >= 15 is 0 Å². The Morgan fingerprint density at radius 2 is 2.15 bits per heavy atom. The fourth-order valence-corrected chi connectivity index (χ4v) is 1.94. The van der Waals surface area contributed by atoms with Crippen molar-refractivity contribution >= 4 is 29.1 Å². The van der Waals surface area contributed by atoms with Crippen molar-refractivity contribution in [2.45, 2.75) is 6.92 Å². The van der Waals surface area contributed by atoms with Gasteiger partial charge in [-0.25, -0.2) is 0 Å². The Hall–Kier alpha value is -2.56. The SMILES string of the molecule is CNc1cc(C(C)=O)ccc1N=Cc1cc(N)cn1C. The van der Waals surface area contributed by atoms with E-state index in [9.17, 15) is 4.79 Å². The number of carbonyl (C=O) groups excluding carboxylic acids is 1. The largest absolute Gasteiger partial charge is 0.397 e. The van der Waals surface area contributed by atoms with Gasteiger partial charge in [-0.05, 0) is 31.2 Å². The monoisotopic (exact) mass is 270 g/mol. The fraction of sp³-hybridized carbons (Fsp3) is 0.200. The summed E-state index contributed by atoms with van der Waals surface area (Å²) in [7, 11) is 3.72. The van der Waals surface area contributed by atoms with Crippen molar-refractivity contribution in [3.8, 4) is 0 Å². The molecule has 104 valence electrons. The first kappa shape index (κ1) is 13.9. The van der Waals surface area contributed by atoms with Crippen LogP contribution in [0.5, 0.6) is 0 Å². The van der Waals surface area contributed by atoms with Crippen LogP contribution >= 0.6 is 0 Å². The second kappa shape index (κ2) is 5.61. The molecule has 0 unspecified atom stereocenters. The highest BCUT2D eigenvalue weighted by molar-refractivity contribution is 5.96. The van der Waals surface area contributed by atoms with Crippen molar-refractivity contribution in [2.24, 2.45) is 12.0 Å². The molecule has 0 radical (unpaired) electrons. The molecule has 2 rings (SSSR count). The van der Waals surface area contributed by atoms with Gasteiger partial charge < -0.3 is 15.6 Å². The quantitative estimate of drug-likeness (QED) is 0.662. The number of aliphatic imine (C=N–C) groups is 1. The summed E-state index contributed by atoms with van der Waals surface area (Å²) in [5, 5.41) is 3.05. The maximum absolute atomic E-state index is 11.4. The van der Waals surface area contributed by atoms with E-state index in [0.717, 1.165) is 17.1 Å². The molecular formula is C15H18N4O. The lowest BCUT2D eigenvalue weighted by Gasteiger charge is -2.06. The molecule has 3 N–H and O–H groups in total. The molecule has 0 fully saturated rings. The zero-order valence-electron chi connectivity index (χ0n) is 11.8. The fourth-order valence-electron chi connectivity index (χ4n) is 1.94. The summed E-state index contributed by atoms with van der Waals surface area (Å²) in [4.78, 5) is 15.8. The van der Waals surface area contributed by atoms with Gasteiger partial charge in [-0.3, -0.25) is 9.79 Å². The molecule has 1 aromatic heterocycles. The maximum atomic E-state index is 11.4. The smallest absolute Gasteiger partial charge is 0.159 e. The summed E-state index contributed by atoms with van der Waals surface area (Å²) in [6, 6.07) is 7.25. The van der Waals surface area contributed by atoms with Crippen molar-refractivity contribution < 1.29 is 4.79 Å². The van der Waals surface area contributed by atoms with Gasteiger partial charge in [0.2, 0.25) is 0 Å². The molecule has 0 bridgehead atoms. The summed E-state index contributed by atoms with van der Waals surface area (Å²) in [6.07, 6.45) is 3.58. The Bertz CT molecular complexity index is 671. The van der Waals surface area contributed by atoms with Crippen LogP contribution in [0.15, 0.2) is 35.5 Å². The molecule has 0 amide bonds. The number of ketones is 1. The minimum atomic E-state index is 0.0345. The molecule has 1 aromatic carbocycles. The second-order valence-corrected chi connectivity index (χ2v) is 4.61. The van der Waals surface area contributed by atoms with Gasteiger partial charge in [0.1, 0.15) is 0 Å². The number of nitrogens with one attached hydrogen (secondary N) is 1. The topological polar surface area (TPSA) is 72.4 Å². The molecule has 20 heavy (non-hydrogen) atoms. The average Bonchev–Trinajstić information content (AvgIpc) is 2.74. The number of aryl methyl sites for hydroxylation is 1. The highest BCUT2D eigenvalue weighted by atomic mass is 16.1. The van der Waals surface area contributed by atoms with Crippen LogP contribution in [0.2, 0.25) is 0 Å². The number of nitrogens with two attached hydrogens (primary N) is 1. The number of benzene rings is 1. The zero-order chi connectivity index (χ0) is 14.7. The first-order valence-electron chi connectivity index (χ1n) is 6.30. The molecule has 0 spiro atoms. The lowest BCUT2D eigenvalue weighted by atomic mass is 10.1. The Labute approximate surface area is 118 Å². The number of rotatable bonds is 4. The summed E-state index contributed by atoms with van der Waals surface area (Å²) in [5.74, 6) is 0.0345. The number of nitrogen functional groups attached to an aromatic ring is 1. The van der Waals surface area contributed by atoms with Gasteiger partial charge in [-0.2, -0.15) is 0 Å². The molecule has 5 nitrogen and oxygen atoms in total. The molecule has 0 aliphatic heterocycles. The van der Waals surface area contributed by atoms with Crippen molar-refractivity contribution in [3.05, 3.63) is 41.7 Å². The molecule has 0 aliphatic rings. The number of anilines is 2. The van der Waals surface area contributed by atoms with Crippen molar-refractivity contribution in [1.29, 1.82) is 0 Å². The number of hydrogen-bond donors (Lipinski definition) is 2. The molecule has 0 saturated carbocycles. The minimum Gasteiger partial charge on any atom is -0.397 e. The molecule has 1 heterocycles. The standard InChI is InChI=1S/C15H18N4O/c1-10(20)11-4-5-14(15(6-11)17-2)18-8-13-7-12(16)9-19(13)3/h4-9,17H,16H2,1-3H3. The number of carbonyl (C=O) groups is 1. The van der Waals surface area contributed by atoms with E-state index in [1.165, 1.54) is 0 Å². The maximum Gasteiger partial charge on any atom is 0.159 e. The Morgan fingerprint density at radius 3 is 2.70 bits per heavy atom. The number of nitrogens with zero attached hydrogens (tertiary/aromatic N) is 2. The normalized spacial score (nSPS) is 10.9. The van der Waals surface area contributed by atoms with E-state index in [2.05, 4.69) is 10.3 Å². The first-order valence-corrected chi connectivity index (χ1v) is 6.30.